The van der Waals surface area contributed by atoms with E-state index in [1.54, 1.807) is 4.70 Å². The number of allylic oxidation sites excluding steroid dienone is 4. The Morgan fingerprint density at radius 3 is 0.925 bits per heavy atom. The van der Waals surface area contributed by atoms with Gasteiger partial charge in [0.05, 0.1) is 0 Å². The summed E-state index contributed by atoms with van der Waals surface area (Å²) in [5.41, 5.74) is 42.3. The molecule has 4 aromatic rings. The Labute approximate surface area is 756 Å². The van der Waals surface area contributed by atoms with Gasteiger partial charge in [0.2, 0.25) is 22.8 Å². The topological polar surface area (TPSA) is 69.1 Å². The number of aryl methyl sites for hydroxylation is 4. The van der Waals surface area contributed by atoms with Crippen LogP contribution in [0, 0.1) is 25.7 Å². The second kappa shape index (κ2) is 78.0. The van der Waals surface area contributed by atoms with Crippen LogP contribution in [0.4, 0.5) is 0 Å². The maximum absolute atomic E-state index is 12.0. The van der Waals surface area contributed by atoms with Crippen LogP contribution in [0.1, 0.15) is 499 Å². The Kier molecular flexibility index (Phi) is 71.3. The molecule has 0 saturated heterocycles. The van der Waals surface area contributed by atoms with Crippen LogP contribution in [0.3, 0.4) is 0 Å². The van der Waals surface area contributed by atoms with Gasteiger partial charge >= 0.3 is 153 Å². The van der Waals surface area contributed by atoms with E-state index in [0.29, 0.717) is 0 Å². The summed E-state index contributed by atoms with van der Waals surface area (Å²) in [5, 5.41) is 2.81. The van der Waals surface area contributed by atoms with E-state index in [1.165, 1.54) is 369 Å². The summed E-state index contributed by atoms with van der Waals surface area (Å²) >= 11 is 2.94. The van der Waals surface area contributed by atoms with Crippen LogP contribution < -0.4 is 0 Å². The van der Waals surface area contributed by atoms with Crippen LogP contribution in [0.25, 0.3) is 33.9 Å². The number of hydrogen-bond acceptors (Lipinski definition) is 2. The molecule has 0 saturated carbocycles. The average Bonchev–Trinajstić information content (AvgIpc) is 1.61. The molecule has 120 heavy (non-hydrogen) atoms. The zero-order chi connectivity index (χ0) is 86.6. The average molecular weight is 1740 g/mol. The minimum atomic E-state index is 0.808. The molecule has 0 aromatic heterocycles. The third kappa shape index (κ3) is 51.2. The molecule has 0 spiro atoms. The summed E-state index contributed by atoms with van der Waals surface area (Å²) in [6.07, 6.45) is 81.0. The van der Waals surface area contributed by atoms with E-state index < -0.39 is 0 Å². The van der Waals surface area contributed by atoms with Crippen molar-refractivity contribution in [3.8, 4) is 11.8 Å². The Morgan fingerprint density at radius 2 is 0.550 bits per heavy atom. The summed E-state index contributed by atoms with van der Waals surface area (Å²) in [7, 11) is 0. The number of unbranched alkanes of at least 4 members (excludes halogenated alkanes) is 47. The van der Waals surface area contributed by atoms with Crippen LogP contribution in [-0.4, -0.2) is 22.6 Å². The normalized spacial score (nSPS) is 12.7. The predicted octanol–water partition coefficient (Wildman–Crippen LogP) is 37.9. The molecule has 2 aliphatic rings. The van der Waals surface area contributed by atoms with Crippen LogP contribution in [0.15, 0.2) is 119 Å². The van der Waals surface area contributed by atoms with Crippen LogP contribution >= 0.6 is 0 Å². The summed E-state index contributed by atoms with van der Waals surface area (Å²) < 4.78 is 13.3. The Balaban J connectivity index is 0.000000495. The van der Waals surface area contributed by atoms with Crippen molar-refractivity contribution in [2.24, 2.45) is 0 Å². The van der Waals surface area contributed by atoms with E-state index in [4.69, 9.17) is 7.76 Å². The second-order valence-corrected chi connectivity index (χ2v) is 37.4. The first-order valence-electron chi connectivity index (χ1n) is 51.1. The molecule has 0 aliphatic carbocycles. The van der Waals surface area contributed by atoms with Crippen molar-refractivity contribution < 1.29 is 46.7 Å². The second-order valence-electron chi connectivity index (χ2n) is 35.2. The van der Waals surface area contributed by atoms with Crippen LogP contribution in [0.5, 0.6) is 0 Å². The Bertz CT molecular complexity index is 3360. The van der Waals surface area contributed by atoms with Crippen molar-refractivity contribution >= 4 is 22.8 Å². The quantitative estimate of drug-likeness (QED) is 0.0191. The van der Waals surface area contributed by atoms with Crippen molar-refractivity contribution in [2.45, 2.75) is 492 Å². The molecule has 0 N–H and O–H groups in total. The maximum atomic E-state index is 12.0. The van der Waals surface area contributed by atoms with Crippen molar-refractivity contribution in [3.05, 3.63) is 175 Å². The van der Waals surface area contributed by atoms with Gasteiger partial charge in [-0.15, -0.1) is 0 Å². The van der Waals surface area contributed by atoms with Gasteiger partial charge in [0.25, 0.3) is 0 Å². The van der Waals surface area contributed by atoms with Gasteiger partial charge in [-0.05, 0) is 144 Å². The molecule has 0 bridgehead atoms. The molecule has 2 heterocycles. The van der Waals surface area contributed by atoms with Crippen LogP contribution in [-0.2, 0) is 50.1 Å². The standard InChI is InChI=1S/C49H74N2.C45H70N2.2C5H11.2C4H9O.2Ni/c1-5-8-11-13-15-17-19-20-21-22-24-26-28-30-39-47-46(38-10-7-3)49(51(50)48(47)44-36-31-33-42(4)40-44)45-37-32-35-43(41-45)34-29-27-25-23-18-16-14-12-9-6-2;1-5-8-11-12-13-14-15-16-17-18-19-20-21-22-23-24-25-26-35-43-42(34-10-7-3)45(41-33-28-31-39(37-41)30-9-6-2)47(46)44(43)40-32-27-29-38(4)36-40;2*1-3-5-4-2;2*1-2-3-4-5;;/h31-33,35-37,40-41H,5-29,34,38H2,1-4H3;27-29,31-33,36-37H,5-26,30,34-35H2,1-4H3;2*1,3-5H2,2H3;2*2-4H2,1H3;;/q;;;;2*-1;;+2. The van der Waals surface area contributed by atoms with E-state index in [1.807, 2.05) is 14.4 Å². The molecule has 4 aromatic carbocycles. The van der Waals surface area contributed by atoms with Gasteiger partial charge in [-0.1, -0.05) is 370 Å². The molecule has 8 heteroatoms. The van der Waals surface area contributed by atoms with Crippen molar-refractivity contribution in [2.75, 3.05) is 13.2 Å². The molecule has 6 rings (SSSR count). The Hall–Kier alpha value is -4.49. The van der Waals surface area contributed by atoms with E-state index in [2.05, 4.69) is 192 Å². The van der Waals surface area contributed by atoms with E-state index >= 15 is 0 Å². The summed E-state index contributed by atoms with van der Waals surface area (Å²) in [6, 6.07) is 35.2. The first kappa shape index (κ1) is 110. The van der Waals surface area contributed by atoms with Crippen LogP contribution in [0.2, 0.25) is 10.8 Å². The van der Waals surface area contributed by atoms with Gasteiger partial charge in [-0.3, -0.25) is 0 Å². The zero-order valence-corrected chi connectivity index (χ0v) is 82.1. The minimum absolute atomic E-state index is 0.808. The monoisotopic (exact) mass is 1730 g/mol. The first-order valence-corrected chi connectivity index (χ1v) is 53.3. The third-order valence-electron chi connectivity index (χ3n) is 23.8. The molecule has 0 atom stereocenters. The molecule has 0 unspecified atom stereocenters. The third-order valence-corrected chi connectivity index (χ3v) is 25.8. The molecule has 2 aliphatic heterocycles. The molecule has 684 valence electrons. The van der Waals surface area contributed by atoms with Gasteiger partial charge < -0.3 is 11.1 Å². The molecule has 6 nitrogen and oxygen atoms in total. The number of benzene rings is 4. The van der Waals surface area contributed by atoms with E-state index in [-0.39, 0.29) is 0 Å². The van der Waals surface area contributed by atoms with Gasteiger partial charge in [0, 0.05) is 45.4 Å². The fraction of sp³-hybridized carbons (Fsp3) is 0.696. The number of hydrogen-bond donors (Lipinski definition) is 0. The van der Waals surface area contributed by atoms with Gasteiger partial charge in [0.15, 0.2) is 0 Å². The zero-order valence-electron chi connectivity index (χ0n) is 80.1. The van der Waals surface area contributed by atoms with Gasteiger partial charge in [0.1, 0.15) is 5.57 Å². The fourth-order valence-electron chi connectivity index (χ4n) is 16.3. The van der Waals surface area contributed by atoms with Crippen molar-refractivity contribution in [3.63, 3.8) is 0 Å². The molecule has 0 amide bonds. The summed E-state index contributed by atoms with van der Waals surface area (Å²) in [5.74, 6) is 7.20. The fourth-order valence-corrected chi connectivity index (χ4v) is 18.1. The molecule has 0 radical (unpaired) electrons. The van der Waals surface area contributed by atoms with Crippen molar-refractivity contribution in [1.82, 2.24) is 0 Å². The predicted molar refractivity (Wildman–Crippen MR) is 521 cm³/mol. The molecule has 0 fully saturated rings. The Morgan fingerprint density at radius 1 is 0.275 bits per heavy atom. The van der Waals surface area contributed by atoms with Gasteiger partial charge in [-0.2, -0.15) is 0 Å². The van der Waals surface area contributed by atoms with E-state index in [9.17, 15) is 11.1 Å². The summed E-state index contributed by atoms with van der Waals surface area (Å²) in [6.45, 7) is 28.4. The van der Waals surface area contributed by atoms with Gasteiger partial charge in [-0.25, -0.2) is 9.39 Å². The number of nitrogens with zero attached hydrogens (tertiary/aromatic N) is 4. The van der Waals surface area contributed by atoms with Crippen molar-refractivity contribution in [1.29, 1.82) is 0 Å². The number of rotatable bonds is 71. The van der Waals surface area contributed by atoms with E-state index in [0.717, 1.165) is 162 Å². The summed E-state index contributed by atoms with van der Waals surface area (Å²) in [4.78, 5) is 0. The molecular formula is C112H184N4Ni2O2. The molecular weight excluding hydrogens is 1550 g/mol. The first-order chi connectivity index (χ1) is 59.0. The SMILES string of the molecule is CCCCCCCCCCCCCCC#CC1=C(c2cccc(C)c2)[N+](=[N-])C(c2cccc(CCCCCCCCCCCC)c2)=C1CCCC.CCCCCCCCCCCCCCCCCCCCC1=C(c2cccc(C)c2)[N+](=[N-])C(c2cccc(CCCC)c2)=C1CCCC.CCCC[CH2][Ni][CH2]CCCC.CCCC[O][Ni][O]CCCC.